The molecule has 1 aliphatic rings. The van der Waals surface area contributed by atoms with Gasteiger partial charge in [0.05, 0.1) is 0 Å². The summed E-state index contributed by atoms with van der Waals surface area (Å²) in [5.41, 5.74) is 0.859. The summed E-state index contributed by atoms with van der Waals surface area (Å²) >= 11 is 0. The molecule has 2 rings (SSSR count). The summed E-state index contributed by atoms with van der Waals surface area (Å²) in [7, 11) is 0. The van der Waals surface area contributed by atoms with Gasteiger partial charge in [-0.3, -0.25) is 14.9 Å². The molecule has 3 nitrogen and oxygen atoms in total. The van der Waals surface area contributed by atoms with Crippen LogP contribution < -0.4 is 5.32 Å². The molecule has 0 spiro atoms. The van der Waals surface area contributed by atoms with E-state index in [1.807, 2.05) is 6.92 Å². The van der Waals surface area contributed by atoms with Crippen LogP contribution in [0.5, 0.6) is 0 Å². The van der Waals surface area contributed by atoms with Gasteiger partial charge in [-0.2, -0.15) is 0 Å². The SMILES string of the molecule is CCCC1C(=O)NC(=O)CC1c1ccc(F)cc1. The fourth-order valence-electron chi connectivity index (χ4n) is 2.51. The predicted octanol–water partition coefficient (Wildman–Crippen LogP) is 2.37. The lowest BCUT2D eigenvalue weighted by atomic mass is 9.78. The van der Waals surface area contributed by atoms with Crippen LogP contribution in [0, 0.1) is 11.7 Å². The number of imide groups is 1. The zero-order valence-electron chi connectivity index (χ0n) is 10.3. The number of halogens is 1. The number of hydrogen-bond donors (Lipinski definition) is 1. The highest BCUT2D eigenvalue weighted by Crippen LogP contribution is 2.34. The first kappa shape index (κ1) is 12.7. The van der Waals surface area contributed by atoms with E-state index in [-0.39, 0.29) is 29.5 Å². The van der Waals surface area contributed by atoms with Crippen LogP contribution in [0.4, 0.5) is 4.39 Å². The second-order valence-electron chi connectivity index (χ2n) is 4.67. The molecular formula is C14H16FNO2. The molecule has 1 aliphatic heterocycles. The van der Waals surface area contributed by atoms with E-state index < -0.39 is 0 Å². The molecule has 0 aliphatic carbocycles. The first-order valence-corrected chi connectivity index (χ1v) is 6.21. The molecule has 96 valence electrons. The summed E-state index contributed by atoms with van der Waals surface area (Å²) in [6, 6.07) is 6.06. The Morgan fingerprint density at radius 2 is 1.94 bits per heavy atom. The number of rotatable bonds is 3. The summed E-state index contributed by atoms with van der Waals surface area (Å²) in [5, 5.41) is 2.37. The molecule has 0 saturated carbocycles. The van der Waals surface area contributed by atoms with Gasteiger partial charge < -0.3 is 0 Å². The maximum Gasteiger partial charge on any atom is 0.230 e. The first-order chi connectivity index (χ1) is 8.61. The van der Waals surface area contributed by atoms with Gasteiger partial charge in [0.25, 0.3) is 0 Å². The molecule has 0 radical (unpaired) electrons. The second kappa shape index (κ2) is 5.29. The van der Waals surface area contributed by atoms with Crippen molar-refractivity contribution < 1.29 is 14.0 Å². The first-order valence-electron chi connectivity index (χ1n) is 6.21. The average molecular weight is 249 g/mol. The van der Waals surface area contributed by atoms with E-state index in [0.717, 1.165) is 18.4 Å². The summed E-state index contributed by atoms with van der Waals surface area (Å²) in [6.07, 6.45) is 1.91. The standard InChI is InChI=1S/C14H16FNO2/c1-2-3-11-12(8-13(17)16-14(11)18)9-4-6-10(15)7-5-9/h4-7,11-12H,2-3,8H2,1H3,(H,16,17,18). The Morgan fingerprint density at radius 3 is 2.56 bits per heavy atom. The summed E-state index contributed by atoms with van der Waals surface area (Å²) < 4.78 is 12.9. The Kier molecular flexibility index (Phi) is 3.75. The van der Waals surface area contributed by atoms with Crippen LogP contribution in [0.15, 0.2) is 24.3 Å². The van der Waals surface area contributed by atoms with Gasteiger partial charge >= 0.3 is 0 Å². The third-order valence-electron chi connectivity index (χ3n) is 3.39. The van der Waals surface area contributed by atoms with E-state index in [0.29, 0.717) is 6.42 Å². The molecule has 4 heteroatoms. The number of benzene rings is 1. The minimum atomic E-state index is -0.308. The Balaban J connectivity index is 2.28. The highest BCUT2D eigenvalue weighted by molar-refractivity contribution is 5.99. The molecule has 2 amide bonds. The van der Waals surface area contributed by atoms with Crippen LogP contribution in [0.2, 0.25) is 0 Å². The summed E-state index contributed by atoms with van der Waals surface area (Å²) in [5.74, 6) is -1.09. The van der Waals surface area contributed by atoms with Crippen molar-refractivity contribution in [3.63, 3.8) is 0 Å². The number of amides is 2. The summed E-state index contributed by atoms with van der Waals surface area (Å²) in [6.45, 7) is 2.01. The lowest BCUT2D eigenvalue weighted by Crippen LogP contribution is -2.44. The highest BCUT2D eigenvalue weighted by Gasteiger charge is 2.35. The molecule has 18 heavy (non-hydrogen) atoms. The number of nitrogens with one attached hydrogen (secondary N) is 1. The molecule has 0 bridgehead atoms. The van der Waals surface area contributed by atoms with E-state index in [1.54, 1.807) is 12.1 Å². The van der Waals surface area contributed by atoms with Crippen molar-refractivity contribution in [2.45, 2.75) is 32.1 Å². The summed E-state index contributed by atoms with van der Waals surface area (Å²) in [4.78, 5) is 23.3. The smallest absolute Gasteiger partial charge is 0.230 e. The second-order valence-corrected chi connectivity index (χ2v) is 4.67. The topological polar surface area (TPSA) is 46.2 Å². The molecule has 1 saturated heterocycles. The van der Waals surface area contributed by atoms with E-state index in [4.69, 9.17) is 0 Å². The maximum absolute atomic E-state index is 12.9. The van der Waals surface area contributed by atoms with Gasteiger partial charge in [0, 0.05) is 18.3 Å². The van der Waals surface area contributed by atoms with Crippen molar-refractivity contribution in [2.24, 2.45) is 5.92 Å². The third kappa shape index (κ3) is 2.58. The van der Waals surface area contributed by atoms with Gasteiger partial charge in [-0.1, -0.05) is 25.5 Å². The van der Waals surface area contributed by atoms with Crippen LogP contribution in [0.1, 0.15) is 37.7 Å². The molecular weight excluding hydrogens is 233 g/mol. The Hall–Kier alpha value is -1.71. The molecule has 0 aromatic heterocycles. The lowest BCUT2D eigenvalue weighted by molar-refractivity contribution is -0.137. The largest absolute Gasteiger partial charge is 0.296 e. The Morgan fingerprint density at radius 1 is 1.28 bits per heavy atom. The fraction of sp³-hybridized carbons (Fsp3) is 0.429. The van der Waals surface area contributed by atoms with Crippen molar-refractivity contribution >= 4 is 11.8 Å². The maximum atomic E-state index is 12.9. The Bertz CT molecular complexity index is 455. The van der Waals surface area contributed by atoms with Gasteiger partial charge in [0.2, 0.25) is 11.8 Å². The minimum Gasteiger partial charge on any atom is -0.296 e. The third-order valence-corrected chi connectivity index (χ3v) is 3.39. The van der Waals surface area contributed by atoms with Crippen LogP contribution in [-0.4, -0.2) is 11.8 Å². The van der Waals surface area contributed by atoms with Gasteiger partial charge in [0.15, 0.2) is 0 Å². The van der Waals surface area contributed by atoms with Gasteiger partial charge in [-0.25, -0.2) is 4.39 Å². The monoisotopic (exact) mass is 249 g/mol. The number of piperidine rings is 1. The molecule has 1 aromatic rings. The Labute approximate surface area is 105 Å². The van der Waals surface area contributed by atoms with E-state index in [2.05, 4.69) is 5.32 Å². The predicted molar refractivity (Wildman–Crippen MR) is 65.3 cm³/mol. The molecule has 1 aromatic carbocycles. The van der Waals surface area contributed by atoms with E-state index in [9.17, 15) is 14.0 Å². The van der Waals surface area contributed by atoms with Crippen LogP contribution in [0.25, 0.3) is 0 Å². The zero-order valence-corrected chi connectivity index (χ0v) is 10.3. The van der Waals surface area contributed by atoms with E-state index >= 15 is 0 Å². The zero-order chi connectivity index (χ0) is 13.1. The minimum absolute atomic E-state index is 0.133. The molecule has 2 unspecified atom stereocenters. The van der Waals surface area contributed by atoms with Crippen molar-refractivity contribution in [3.8, 4) is 0 Å². The van der Waals surface area contributed by atoms with E-state index in [1.165, 1.54) is 12.1 Å². The number of carbonyl (C=O) groups excluding carboxylic acids is 2. The number of hydrogen-bond acceptors (Lipinski definition) is 2. The van der Waals surface area contributed by atoms with Gasteiger partial charge in [0.1, 0.15) is 5.82 Å². The highest BCUT2D eigenvalue weighted by atomic mass is 19.1. The van der Waals surface area contributed by atoms with Crippen molar-refractivity contribution in [1.82, 2.24) is 5.32 Å². The molecule has 2 atom stereocenters. The molecule has 1 fully saturated rings. The van der Waals surface area contributed by atoms with Crippen molar-refractivity contribution in [1.29, 1.82) is 0 Å². The number of carbonyl (C=O) groups is 2. The van der Waals surface area contributed by atoms with Crippen molar-refractivity contribution in [2.75, 3.05) is 0 Å². The molecule has 1 heterocycles. The van der Waals surface area contributed by atoms with Crippen LogP contribution in [0.3, 0.4) is 0 Å². The normalized spacial score (nSPS) is 23.9. The fourth-order valence-corrected chi connectivity index (χ4v) is 2.51. The molecule has 1 N–H and O–H groups in total. The average Bonchev–Trinajstić information content (AvgIpc) is 2.33. The van der Waals surface area contributed by atoms with Crippen molar-refractivity contribution in [3.05, 3.63) is 35.6 Å². The van der Waals surface area contributed by atoms with Gasteiger partial charge in [-0.15, -0.1) is 0 Å². The van der Waals surface area contributed by atoms with Crippen LogP contribution in [-0.2, 0) is 9.59 Å². The lowest BCUT2D eigenvalue weighted by Gasteiger charge is -2.30. The van der Waals surface area contributed by atoms with Gasteiger partial charge in [-0.05, 0) is 24.1 Å². The van der Waals surface area contributed by atoms with Crippen LogP contribution >= 0.6 is 0 Å². The quantitative estimate of drug-likeness (QED) is 0.836.